The number of carboxylic acid groups (broad SMARTS) is 1. The zero-order chi connectivity index (χ0) is 21.0. The largest absolute Gasteiger partial charge is 0.475 e. The van der Waals surface area contributed by atoms with Crippen molar-refractivity contribution in [2.75, 3.05) is 13.2 Å². The Morgan fingerprint density at radius 3 is 2.66 bits per heavy atom. The van der Waals surface area contributed by atoms with Crippen LogP contribution in [0.3, 0.4) is 0 Å². The number of aliphatic hydroxyl groups excluding tert-OH is 1. The van der Waals surface area contributed by atoms with Crippen molar-refractivity contribution < 1.29 is 24.5 Å². The third-order valence-corrected chi connectivity index (χ3v) is 5.09. The number of hydrogen-bond donors (Lipinski definition) is 2. The summed E-state index contributed by atoms with van der Waals surface area (Å²) in [4.78, 5) is 24.8. The van der Waals surface area contributed by atoms with Crippen LogP contribution in [0, 0.1) is 6.92 Å². The molecule has 0 spiro atoms. The van der Waals surface area contributed by atoms with Gasteiger partial charge in [-0.3, -0.25) is 9.48 Å². The van der Waals surface area contributed by atoms with E-state index in [0.717, 1.165) is 11.4 Å². The Labute approximate surface area is 168 Å². The first kappa shape index (κ1) is 20.9. The smallest absolute Gasteiger partial charge is 0.370 e. The van der Waals surface area contributed by atoms with Crippen LogP contribution >= 0.6 is 0 Å². The minimum absolute atomic E-state index is 0.0695. The van der Waals surface area contributed by atoms with Crippen molar-refractivity contribution in [3.8, 4) is 5.69 Å². The predicted molar refractivity (Wildman–Crippen MR) is 106 cm³/mol. The van der Waals surface area contributed by atoms with E-state index in [1.165, 1.54) is 6.08 Å². The van der Waals surface area contributed by atoms with E-state index in [1.807, 2.05) is 37.3 Å². The molecule has 0 amide bonds. The van der Waals surface area contributed by atoms with Gasteiger partial charge in [0.2, 0.25) is 12.0 Å². The van der Waals surface area contributed by atoms with E-state index in [9.17, 15) is 14.7 Å². The maximum absolute atomic E-state index is 13.2. The summed E-state index contributed by atoms with van der Waals surface area (Å²) < 4.78 is 14.5. The summed E-state index contributed by atoms with van der Waals surface area (Å²) in [5.41, 5.74) is 1.83. The molecule has 2 aromatic rings. The molecule has 29 heavy (non-hydrogen) atoms. The monoisotopic (exact) mass is 402 g/mol. The number of para-hydroxylation sites is 1. The highest BCUT2D eigenvalue weighted by Crippen LogP contribution is 2.32. The molecule has 0 saturated carbocycles. The highest BCUT2D eigenvalue weighted by Gasteiger charge is 2.32. The molecular formula is C21H26N2O6. The van der Waals surface area contributed by atoms with Crippen LogP contribution in [0.1, 0.15) is 36.4 Å². The number of carbonyl (C=O) groups is 1. The van der Waals surface area contributed by atoms with Gasteiger partial charge in [0.05, 0.1) is 12.3 Å². The Morgan fingerprint density at radius 1 is 1.28 bits per heavy atom. The fourth-order valence-corrected chi connectivity index (χ4v) is 3.56. The third-order valence-electron chi connectivity index (χ3n) is 5.09. The van der Waals surface area contributed by atoms with Gasteiger partial charge in [-0.15, -0.1) is 0 Å². The quantitative estimate of drug-likeness (QED) is 0.656. The van der Waals surface area contributed by atoms with Crippen LogP contribution in [0.25, 0.3) is 5.69 Å². The maximum atomic E-state index is 13.2. The Morgan fingerprint density at radius 2 is 2.00 bits per heavy atom. The Hall–Kier alpha value is -2.84. The number of aliphatic hydroxyl groups is 1. The fraction of sp³-hybridized carbons (Fsp3) is 0.429. The van der Waals surface area contributed by atoms with E-state index in [1.54, 1.807) is 16.4 Å². The lowest BCUT2D eigenvalue weighted by Crippen LogP contribution is -2.29. The first-order chi connectivity index (χ1) is 13.9. The minimum Gasteiger partial charge on any atom is -0.475 e. The number of rotatable bonds is 8. The topological polar surface area (TPSA) is 103 Å². The van der Waals surface area contributed by atoms with Gasteiger partial charge in [0.1, 0.15) is 0 Å². The van der Waals surface area contributed by atoms with Gasteiger partial charge in [-0.25, -0.2) is 9.48 Å². The molecule has 1 aromatic carbocycles. The lowest BCUT2D eigenvalue weighted by molar-refractivity contribution is -0.157. The number of ether oxygens (including phenoxy) is 2. The Kier molecular flexibility index (Phi) is 6.56. The molecule has 2 atom stereocenters. The zero-order valence-electron chi connectivity index (χ0n) is 16.6. The van der Waals surface area contributed by atoms with Gasteiger partial charge in [0, 0.05) is 37.3 Å². The number of allylic oxidation sites excluding steroid dienone is 1. The van der Waals surface area contributed by atoms with Crippen molar-refractivity contribution in [3.63, 3.8) is 0 Å². The number of benzene rings is 1. The van der Waals surface area contributed by atoms with E-state index < -0.39 is 18.2 Å². The first-order valence-corrected chi connectivity index (χ1v) is 9.62. The van der Waals surface area contributed by atoms with Gasteiger partial charge in [-0.2, -0.15) is 0 Å². The second-order valence-electron chi connectivity index (χ2n) is 7.00. The number of nitrogens with zero attached hydrogens (tertiary/aromatic N) is 2. The molecule has 156 valence electrons. The van der Waals surface area contributed by atoms with Crippen LogP contribution in [0.5, 0.6) is 0 Å². The molecule has 1 aliphatic heterocycles. The van der Waals surface area contributed by atoms with Crippen LogP contribution < -0.4 is 5.56 Å². The molecular weight excluding hydrogens is 376 g/mol. The maximum Gasteiger partial charge on any atom is 0.370 e. The summed E-state index contributed by atoms with van der Waals surface area (Å²) in [7, 11) is 1.80. The van der Waals surface area contributed by atoms with E-state index in [2.05, 4.69) is 0 Å². The summed E-state index contributed by atoms with van der Waals surface area (Å²) in [5, 5.41) is 18.3. The molecule has 0 fully saturated rings. The number of aromatic nitrogens is 2. The van der Waals surface area contributed by atoms with Crippen molar-refractivity contribution in [2.45, 2.75) is 38.4 Å². The van der Waals surface area contributed by atoms with Crippen molar-refractivity contribution in [3.05, 3.63) is 63.8 Å². The molecule has 1 aliphatic rings. The molecule has 3 rings (SSSR count). The molecule has 0 bridgehead atoms. The molecule has 1 aromatic heterocycles. The van der Waals surface area contributed by atoms with E-state index in [-0.39, 0.29) is 17.9 Å². The summed E-state index contributed by atoms with van der Waals surface area (Å²) in [5.74, 6) is -1.86. The van der Waals surface area contributed by atoms with Crippen LogP contribution in [-0.2, 0) is 21.3 Å². The number of aliphatic carboxylic acids is 1. The second-order valence-corrected chi connectivity index (χ2v) is 7.00. The number of unbranched alkanes of at least 4 members (excludes halogenated alkanes) is 1. The molecule has 0 unspecified atom stereocenters. The van der Waals surface area contributed by atoms with Crippen LogP contribution in [-0.4, -0.2) is 45.0 Å². The standard InChI is InChI=1S/C21H26N2O6/c1-14-19(20(25)23(22(14)2)16-8-4-3-5-9-16)15-12-17(21(26)27)29-18(13-15)28-11-7-6-10-24/h3-5,8-9,12,15,18,24H,6-7,10-11,13H2,1-2H3,(H,26,27)/t15-,18+/m0/s1. The normalized spacial score (nSPS) is 18.9. The number of carboxylic acids is 1. The van der Waals surface area contributed by atoms with Gasteiger partial charge in [-0.1, -0.05) is 18.2 Å². The summed E-state index contributed by atoms with van der Waals surface area (Å²) in [6.07, 6.45) is 2.29. The molecule has 2 heterocycles. The second kappa shape index (κ2) is 9.11. The average Bonchev–Trinajstić information content (AvgIpc) is 2.94. The Balaban J connectivity index is 1.95. The highest BCUT2D eigenvalue weighted by molar-refractivity contribution is 5.84. The zero-order valence-corrected chi connectivity index (χ0v) is 16.6. The van der Waals surface area contributed by atoms with Crippen LogP contribution in [0.4, 0.5) is 0 Å². The summed E-state index contributed by atoms with van der Waals surface area (Å²) >= 11 is 0. The molecule has 8 nitrogen and oxygen atoms in total. The van der Waals surface area contributed by atoms with Gasteiger partial charge in [0.25, 0.3) is 5.56 Å². The van der Waals surface area contributed by atoms with Gasteiger partial charge < -0.3 is 19.7 Å². The summed E-state index contributed by atoms with van der Waals surface area (Å²) in [6.45, 7) is 2.25. The van der Waals surface area contributed by atoms with E-state index in [0.29, 0.717) is 31.4 Å². The molecule has 2 N–H and O–H groups in total. The summed E-state index contributed by atoms with van der Waals surface area (Å²) in [6, 6.07) is 9.29. The number of hydrogen-bond acceptors (Lipinski definition) is 5. The third kappa shape index (κ3) is 4.44. The van der Waals surface area contributed by atoms with Crippen LogP contribution in [0.2, 0.25) is 0 Å². The first-order valence-electron chi connectivity index (χ1n) is 9.62. The van der Waals surface area contributed by atoms with E-state index >= 15 is 0 Å². The molecule has 8 heteroatoms. The lowest BCUT2D eigenvalue weighted by Gasteiger charge is -2.27. The molecule has 0 aliphatic carbocycles. The predicted octanol–water partition coefficient (Wildman–Crippen LogP) is 2.07. The SMILES string of the molecule is Cc1c([C@H]2C=C(C(=O)O)O[C@@H](OCCCCO)C2)c(=O)n(-c2ccccc2)n1C. The highest BCUT2D eigenvalue weighted by atomic mass is 16.7. The Bertz CT molecular complexity index is 944. The minimum atomic E-state index is -1.20. The van der Waals surface area contributed by atoms with Gasteiger partial charge >= 0.3 is 5.97 Å². The van der Waals surface area contributed by atoms with Crippen LogP contribution in [0.15, 0.2) is 47.0 Å². The lowest BCUT2D eigenvalue weighted by atomic mass is 9.93. The molecule has 0 radical (unpaired) electrons. The van der Waals surface area contributed by atoms with Crippen molar-refractivity contribution >= 4 is 5.97 Å². The fourth-order valence-electron chi connectivity index (χ4n) is 3.56. The van der Waals surface area contributed by atoms with Gasteiger partial charge in [-0.05, 0) is 38.0 Å². The van der Waals surface area contributed by atoms with E-state index in [4.69, 9.17) is 14.6 Å². The van der Waals surface area contributed by atoms with Gasteiger partial charge in [0.15, 0.2) is 0 Å². The average molecular weight is 402 g/mol. The van der Waals surface area contributed by atoms with Crippen molar-refractivity contribution in [2.24, 2.45) is 7.05 Å². The van der Waals surface area contributed by atoms with Crippen molar-refractivity contribution in [1.82, 2.24) is 9.36 Å². The van der Waals surface area contributed by atoms with Crippen molar-refractivity contribution in [1.29, 1.82) is 0 Å². The molecule has 0 saturated heterocycles.